The molecule has 2 aromatic heterocycles. The fraction of sp³-hybridized carbons (Fsp3) is 0.333. The average molecular weight is 249 g/mol. The zero-order valence-corrected chi connectivity index (χ0v) is 10.3. The van der Waals surface area contributed by atoms with Gasteiger partial charge in [0.15, 0.2) is 0 Å². The Balaban J connectivity index is 1.94. The van der Waals surface area contributed by atoms with Gasteiger partial charge in [0.2, 0.25) is 0 Å². The van der Waals surface area contributed by atoms with Gasteiger partial charge in [0.25, 0.3) is 0 Å². The normalized spacial score (nSPS) is 10.8. The Morgan fingerprint density at radius 3 is 2.94 bits per heavy atom. The van der Waals surface area contributed by atoms with Crippen LogP contribution in [0.15, 0.2) is 22.9 Å². The van der Waals surface area contributed by atoms with E-state index in [4.69, 9.17) is 9.52 Å². The maximum Gasteiger partial charge on any atom is 0.339 e. The second-order valence-electron chi connectivity index (χ2n) is 4.08. The summed E-state index contributed by atoms with van der Waals surface area (Å²) in [6.45, 7) is 2.94. The summed E-state index contributed by atoms with van der Waals surface area (Å²) in [5.41, 5.74) is 2.24. The minimum absolute atomic E-state index is 0.199. The van der Waals surface area contributed by atoms with Crippen LogP contribution in [0.4, 0.5) is 0 Å². The van der Waals surface area contributed by atoms with E-state index in [1.165, 1.54) is 12.3 Å². The number of carboxylic acid groups (broad SMARTS) is 1. The second-order valence-corrected chi connectivity index (χ2v) is 4.08. The van der Waals surface area contributed by atoms with Crippen molar-refractivity contribution in [2.45, 2.75) is 20.0 Å². The number of aromatic carboxylic acids is 1. The third kappa shape index (κ3) is 2.60. The van der Waals surface area contributed by atoms with Crippen LogP contribution in [0.5, 0.6) is 0 Å². The minimum Gasteiger partial charge on any atom is -0.478 e. The molecule has 0 aliphatic heterocycles. The van der Waals surface area contributed by atoms with Crippen molar-refractivity contribution in [3.05, 3.63) is 41.1 Å². The van der Waals surface area contributed by atoms with Gasteiger partial charge in [-0.2, -0.15) is 5.10 Å². The molecule has 2 aromatic rings. The summed E-state index contributed by atoms with van der Waals surface area (Å²) in [5, 5.41) is 16.3. The van der Waals surface area contributed by atoms with Crippen molar-refractivity contribution in [2.75, 3.05) is 0 Å². The summed E-state index contributed by atoms with van der Waals surface area (Å²) in [4.78, 5) is 10.9. The Labute approximate surface area is 104 Å². The molecule has 96 valence electrons. The highest BCUT2D eigenvalue weighted by Crippen LogP contribution is 2.11. The van der Waals surface area contributed by atoms with E-state index in [-0.39, 0.29) is 5.56 Å². The summed E-state index contributed by atoms with van der Waals surface area (Å²) < 4.78 is 6.89. The summed E-state index contributed by atoms with van der Waals surface area (Å²) >= 11 is 0. The van der Waals surface area contributed by atoms with Gasteiger partial charge >= 0.3 is 5.97 Å². The van der Waals surface area contributed by atoms with Crippen molar-refractivity contribution in [1.82, 2.24) is 15.1 Å². The largest absolute Gasteiger partial charge is 0.478 e. The van der Waals surface area contributed by atoms with Crippen LogP contribution >= 0.6 is 0 Å². The molecule has 0 fully saturated rings. The van der Waals surface area contributed by atoms with Crippen LogP contribution in [0.25, 0.3) is 0 Å². The van der Waals surface area contributed by atoms with Gasteiger partial charge in [-0.3, -0.25) is 4.68 Å². The van der Waals surface area contributed by atoms with E-state index in [0.717, 1.165) is 11.3 Å². The lowest BCUT2D eigenvalue weighted by Gasteiger charge is -2.02. The van der Waals surface area contributed by atoms with Crippen molar-refractivity contribution < 1.29 is 14.3 Å². The molecule has 0 aliphatic carbocycles. The van der Waals surface area contributed by atoms with Gasteiger partial charge in [-0.05, 0) is 13.0 Å². The second kappa shape index (κ2) is 5.05. The molecular weight excluding hydrogens is 234 g/mol. The minimum atomic E-state index is -0.974. The Hall–Kier alpha value is -2.08. The number of furan rings is 1. The first-order chi connectivity index (χ1) is 8.58. The highest BCUT2D eigenvalue weighted by molar-refractivity contribution is 5.88. The van der Waals surface area contributed by atoms with Gasteiger partial charge in [0, 0.05) is 25.4 Å². The van der Waals surface area contributed by atoms with Crippen molar-refractivity contribution >= 4 is 5.97 Å². The van der Waals surface area contributed by atoms with Crippen molar-refractivity contribution in [3.63, 3.8) is 0 Å². The Kier molecular flexibility index (Phi) is 3.47. The number of aryl methyl sites for hydroxylation is 2. The number of hydrogen-bond donors (Lipinski definition) is 2. The van der Waals surface area contributed by atoms with E-state index in [2.05, 4.69) is 10.4 Å². The number of nitrogens with zero attached hydrogens (tertiary/aromatic N) is 2. The average Bonchev–Trinajstić information content (AvgIpc) is 2.86. The van der Waals surface area contributed by atoms with Crippen LogP contribution < -0.4 is 5.32 Å². The summed E-state index contributed by atoms with van der Waals surface area (Å²) in [6.07, 6.45) is 3.32. The van der Waals surface area contributed by atoms with E-state index in [1.807, 2.05) is 20.2 Å². The molecule has 0 unspecified atom stereocenters. The van der Waals surface area contributed by atoms with Gasteiger partial charge in [-0.25, -0.2) is 4.79 Å². The van der Waals surface area contributed by atoms with Gasteiger partial charge in [-0.15, -0.1) is 0 Å². The maximum atomic E-state index is 10.9. The first-order valence-corrected chi connectivity index (χ1v) is 5.57. The third-order valence-electron chi connectivity index (χ3n) is 2.69. The predicted octanol–water partition coefficient (Wildman–Crippen LogP) is 1.31. The molecule has 0 saturated heterocycles. The van der Waals surface area contributed by atoms with Crippen LogP contribution in [0.1, 0.15) is 27.4 Å². The molecule has 0 aliphatic rings. The highest BCUT2D eigenvalue weighted by atomic mass is 16.4. The molecule has 0 saturated carbocycles. The summed E-state index contributed by atoms with van der Waals surface area (Å²) in [5.74, 6) is -0.540. The standard InChI is InChI=1S/C12H15N3O3/c1-8-9(7-15(2)14-8)5-13-6-11-10(12(16)17)3-4-18-11/h3-4,7,13H,5-6H2,1-2H3,(H,16,17). The summed E-state index contributed by atoms with van der Waals surface area (Å²) in [6, 6.07) is 1.45. The van der Waals surface area contributed by atoms with Crippen LogP contribution in [-0.4, -0.2) is 20.9 Å². The molecule has 2 heterocycles. The fourth-order valence-corrected chi connectivity index (χ4v) is 1.80. The topological polar surface area (TPSA) is 80.3 Å². The van der Waals surface area contributed by atoms with Gasteiger partial charge < -0.3 is 14.8 Å². The van der Waals surface area contributed by atoms with E-state index < -0.39 is 5.97 Å². The number of carboxylic acids is 1. The smallest absolute Gasteiger partial charge is 0.339 e. The zero-order valence-electron chi connectivity index (χ0n) is 10.3. The van der Waals surface area contributed by atoms with E-state index >= 15 is 0 Å². The number of nitrogens with one attached hydrogen (secondary N) is 1. The number of aromatic nitrogens is 2. The van der Waals surface area contributed by atoms with Crippen LogP contribution in [-0.2, 0) is 20.1 Å². The molecule has 2 N–H and O–H groups in total. The van der Waals surface area contributed by atoms with Crippen molar-refractivity contribution in [1.29, 1.82) is 0 Å². The van der Waals surface area contributed by atoms with E-state index in [9.17, 15) is 4.79 Å². The fourth-order valence-electron chi connectivity index (χ4n) is 1.80. The van der Waals surface area contributed by atoms with Crippen LogP contribution in [0.2, 0.25) is 0 Å². The molecule has 6 nitrogen and oxygen atoms in total. The van der Waals surface area contributed by atoms with Crippen LogP contribution in [0, 0.1) is 6.92 Å². The van der Waals surface area contributed by atoms with Crippen molar-refractivity contribution in [2.24, 2.45) is 7.05 Å². The molecule has 6 heteroatoms. The lowest BCUT2D eigenvalue weighted by Crippen LogP contribution is -2.14. The lowest BCUT2D eigenvalue weighted by atomic mass is 10.2. The van der Waals surface area contributed by atoms with Crippen molar-refractivity contribution in [3.8, 4) is 0 Å². The molecular formula is C12H15N3O3. The Bertz CT molecular complexity index is 557. The first-order valence-electron chi connectivity index (χ1n) is 5.57. The number of rotatable bonds is 5. The Morgan fingerprint density at radius 1 is 1.56 bits per heavy atom. The SMILES string of the molecule is Cc1nn(C)cc1CNCc1occc1C(=O)O. The number of hydrogen-bond acceptors (Lipinski definition) is 4. The molecule has 2 rings (SSSR count). The quantitative estimate of drug-likeness (QED) is 0.835. The molecule has 0 radical (unpaired) electrons. The third-order valence-corrected chi connectivity index (χ3v) is 2.69. The van der Waals surface area contributed by atoms with E-state index in [0.29, 0.717) is 18.8 Å². The molecule has 0 bridgehead atoms. The highest BCUT2D eigenvalue weighted by Gasteiger charge is 2.12. The van der Waals surface area contributed by atoms with Gasteiger partial charge in [0.1, 0.15) is 11.3 Å². The zero-order chi connectivity index (χ0) is 13.1. The molecule has 0 spiro atoms. The first kappa shape index (κ1) is 12.4. The lowest BCUT2D eigenvalue weighted by molar-refractivity contribution is 0.0694. The predicted molar refractivity (Wildman–Crippen MR) is 64.2 cm³/mol. The van der Waals surface area contributed by atoms with Gasteiger partial charge in [-0.1, -0.05) is 0 Å². The van der Waals surface area contributed by atoms with E-state index in [1.54, 1.807) is 4.68 Å². The molecule has 18 heavy (non-hydrogen) atoms. The summed E-state index contributed by atoms with van der Waals surface area (Å²) in [7, 11) is 1.87. The number of carbonyl (C=O) groups is 1. The van der Waals surface area contributed by atoms with Gasteiger partial charge in [0.05, 0.1) is 18.5 Å². The molecule has 0 amide bonds. The maximum absolute atomic E-state index is 10.9. The monoisotopic (exact) mass is 249 g/mol. The Morgan fingerprint density at radius 2 is 2.33 bits per heavy atom. The molecule has 0 aromatic carbocycles. The van der Waals surface area contributed by atoms with Crippen LogP contribution in [0.3, 0.4) is 0 Å². The molecule has 0 atom stereocenters.